The molecule has 0 bridgehead atoms. The van der Waals surface area contributed by atoms with Gasteiger partial charge in [0.25, 0.3) is 0 Å². The highest BCUT2D eigenvalue weighted by Gasteiger charge is 2.24. The van der Waals surface area contributed by atoms with Crippen LogP contribution in [-0.2, 0) is 6.54 Å². The van der Waals surface area contributed by atoms with Gasteiger partial charge in [0.15, 0.2) is 0 Å². The summed E-state index contributed by atoms with van der Waals surface area (Å²) in [7, 11) is 0. The van der Waals surface area contributed by atoms with Crippen LogP contribution in [0, 0.1) is 0 Å². The Hall–Kier alpha value is -2.27. The summed E-state index contributed by atoms with van der Waals surface area (Å²) in [4.78, 5) is 15.7. The number of piperidine rings is 1. The van der Waals surface area contributed by atoms with Crippen LogP contribution >= 0.6 is 0 Å². The van der Waals surface area contributed by atoms with Crippen LogP contribution in [-0.4, -0.2) is 30.8 Å². The molecule has 0 aromatic carbocycles. The van der Waals surface area contributed by atoms with E-state index in [1.54, 1.807) is 6.20 Å². The highest BCUT2D eigenvalue weighted by Crippen LogP contribution is 2.31. The van der Waals surface area contributed by atoms with Crippen molar-refractivity contribution in [3.63, 3.8) is 0 Å². The molecule has 0 aliphatic carbocycles. The van der Waals surface area contributed by atoms with Gasteiger partial charge in [0, 0.05) is 43.6 Å². The lowest BCUT2D eigenvalue weighted by Crippen LogP contribution is -2.33. The summed E-state index contributed by atoms with van der Waals surface area (Å²) in [5, 5.41) is 0. The Bertz CT molecular complexity index is 719. The minimum absolute atomic E-state index is 0.445. The molecule has 0 saturated carbocycles. The fourth-order valence-corrected chi connectivity index (χ4v) is 3.29. The maximum atomic E-state index is 4.63. The number of fused-ring (bicyclic) bond motifs is 1. The van der Waals surface area contributed by atoms with Gasteiger partial charge in [-0.05, 0) is 37.1 Å². The second-order valence-electron chi connectivity index (χ2n) is 5.83. The summed E-state index contributed by atoms with van der Waals surface area (Å²) < 4.78 is 1.98. The lowest BCUT2D eigenvalue weighted by molar-refractivity contribution is 0.138. The van der Waals surface area contributed by atoms with E-state index in [9.17, 15) is 0 Å². The molecule has 1 aliphatic rings. The summed E-state index contributed by atoms with van der Waals surface area (Å²) in [5.41, 5.74) is 2.39. The molecule has 1 saturated heterocycles. The molecule has 3 aromatic heterocycles. The Labute approximate surface area is 129 Å². The first-order valence-electron chi connectivity index (χ1n) is 7.83. The first kappa shape index (κ1) is 13.4. The van der Waals surface area contributed by atoms with Crippen molar-refractivity contribution in [3.05, 3.63) is 60.4 Å². The largest absolute Gasteiger partial charge is 0.291 e. The topological polar surface area (TPSA) is 46.3 Å². The summed E-state index contributed by atoms with van der Waals surface area (Å²) in [6.07, 6.45) is 13.4. The Balaban J connectivity index is 1.59. The normalized spacial score (nSPS) is 19.5. The predicted molar refractivity (Wildman–Crippen MR) is 84.2 cm³/mol. The average molecular weight is 293 g/mol. The van der Waals surface area contributed by atoms with Crippen molar-refractivity contribution < 1.29 is 0 Å². The summed E-state index contributed by atoms with van der Waals surface area (Å²) in [6, 6.07) is 6.58. The Kier molecular flexibility index (Phi) is 3.56. The number of nitrogens with zero attached hydrogens (tertiary/aromatic N) is 5. The van der Waals surface area contributed by atoms with Crippen LogP contribution < -0.4 is 0 Å². The molecule has 4 heterocycles. The second kappa shape index (κ2) is 5.85. The second-order valence-corrected chi connectivity index (χ2v) is 5.83. The summed E-state index contributed by atoms with van der Waals surface area (Å²) >= 11 is 0. The minimum atomic E-state index is 0.445. The molecule has 5 heteroatoms. The van der Waals surface area contributed by atoms with E-state index in [4.69, 9.17) is 0 Å². The van der Waals surface area contributed by atoms with Gasteiger partial charge in [0.05, 0.1) is 5.69 Å². The number of aromatic nitrogens is 4. The van der Waals surface area contributed by atoms with E-state index >= 15 is 0 Å². The van der Waals surface area contributed by atoms with Gasteiger partial charge in [0.1, 0.15) is 0 Å². The van der Waals surface area contributed by atoms with Crippen molar-refractivity contribution in [2.45, 2.75) is 31.8 Å². The van der Waals surface area contributed by atoms with Crippen LogP contribution in [0.25, 0.3) is 5.78 Å². The van der Waals surface area contributed by atoms with Gasteiger partial charge in [-0.2, -0.15) is 0 Å². The van der Waals surface area contributed by atoms with E-state index in [1.165, 1.54) is 24.8 Å². The minimum Gasteiger partial charge on any atom is -0.291 e. The third-order valence-electron chi connectivity index (χ3n) is 4.33. The highest BCUT2D eigenvalue weighted by molar-refractivity contribution is 5.29. The molecule has 0 amide bonds. The first-order chi connectivity index (χ1) is 10.9. The number of pyridine rings is 1. The molecule has 3 aromatic rings. The lowest BCUT2D eigenvalue weighted by Gasteiger charge is -2.35. The quantitative estimate of drug-likeness (QED) is 0.745. The van der Waals surface area contributed by atoms with E-state index in [0.717, 1.165) is 24.6 Å². The van der Waals surface area contributed by atoms with Crippen molar-refractivity contribution in [1.29, 1.82) is 0 Å². The fraction of sp³-hybridized carbons (Fsp3) is 0.353. The Morgan fingerprint density at radius 2 is 2.18 bits per heavy atom. The molecule has 1 fully saturated rings. The zero-order chi connectivity index (χ0) is 14.8. The van der Waals surface area contributed by atoms with Gasteiger partial charge in [0.2, 0.25) is 5.78 Å². The molecular formula is C17H19N5. The smallest absolute Gasteiger partial charge is 0.233 e. The van der Waals surface area contributed by atoms with Crippen LogP contribution in [0.15, 0.2) is 49.2 Å². The average Bonchev–Trinajstić information content (AvgIpc) is 2.98. The third kappa shape index (κ3) is 2.60. The number of rotatable bonds is 3. The molecule has 5 nitrogen and oxygen atoms in total. The zero-order valence-corrected chi connectivity index (χ0v) is 12.5. The number of hydrogen-bond donors (Lipinski definition) is 0. The fourth-order valence-electron chi connectivity index (χ4n) is 3.29. The van der Waals surface area contributed by atoms with Crippen LogP contribution in [0.1, 0.15) is 36.6 Å². The van der Waals surface area contributed by atoms with Crippen molar-refractivity contribution >= 4 is 5.78 Å². The molecule has 1 atom stereocenters. The molecule has 4 rings (SSSR count). The number of likely N-dealkylation sites (tertiary alicyclic amines) is 1. The van der Waals surface area contributed by atoms with Gasteiger partial charge >= 0.3 is 0 Å². The maximum absolute atomic E-state index is 4.63. The molecule has 1 aliphatic heterocycles. The Morgan fingerprint density at radius 3 is 3.05 bits per heavy atom. The van der Waals surface area contributed by atoms with Crippen LogP contribution in [0.3, 0.4) is 0 Å². The van der Waals surface area contributed by atoms with Crippen molar-refractivity contribution in [2.24, 2.45) is 0 Å². The summed E-state index contributed by atoms with van der Waals surface area (Å²) in [6.45, 7) is 1.98. The van der Waals surface area contributed by atoms with Crippen LogP contribution in [0.2, 0.25) is 0 Å². The SMILES string of the molecule is c1cncc(C2CCCCN2Cc2cn3cccnc3n2)c1. The van der Waals surface area contributed by atoms with E-state index < -0.39 is 0 Å². The number of hydrogen-bond acceptors (Lipinski definition) is 4. The van der Waals surface area contributed by atoms with E-state index in [0.29, 0.717) is 6.04 Å². The Morgan fingerprint density at radius 1 is 1.18 bits per heavy atom. The maximum Gasteiger partial charge on any atom is 0.233 e. The molecule has 0 radical (unpaired) electrons. The predicted octanol–water partition coefficient (Wildman–Crippen LogP) is 2.85. The van der Waals surface area contributed by atoms with Gasteiger partial charge in [-0.25, -0.2) is 9.97 Å². The van der Waals surface area contributed by atoms with Gasteiger partial charge < -0.3 is 0 Å². The van der Waals surface area contributed by atoms with E-state index in [1.807, 2.05) is 35.1 Å². The van der Waals surface area contributed by atoms with Gasteiger partial charge in [-0.15, -0.1) is 0 Å². The molecule has 0 spiro atoms. The first-order valence-corrected chi connectivity index (χ1v) is 7.83. The molecule has 22 heavy (non-hydrogen) atoms. The summed E-state index contributed by atoms with van der Waals surface area (Å²) in [5.74, 6) is 0.771. The molecule has 1 unspecified atom stereocenters. The van der Waals surface area contributed by atoms with Crippen molar-refractivity contribution in [1.82, 2.24) is 24.3 Å². The van der Waals surface area contributed by atoms with E-state index in [2.05, 4.69) is 32.1 Å². The van der Waals surface area contributed by atoms with E-state index in [-0.39, 0.29) is 0 Å². The zero-order valence-electron chi connectivity index (χ0n) is 12.5. The monoisotopic (exact) mass is 293 g/mol. The van der Waals surface area contributed by atoms with Crippen molar-refractivity contribution in [2.75, 3.05) is 6.54 Å². The molecular weight excluding hydrogens is 274 g/mol. The molecule has 112 valence electrons. The lowest BCUT2D eigenvalue weighted by atomic mass is 9.96. The van der Waals surface area contributed by atoms with Crippen molar-refractivity contribution in [3.8, 4) is 0 Å². The van der Waals surface area contributed by atoms with Gasteiger partial charge in [-0.1, -0.05) is 12.5 Å². The van der Waals surface area contributed by atoms with Crippen LogP contribution in [0.4, 0.5) is 0 Å². The molecule has 0 N–H and O–H groups in total. The van der Waals surface area contributed by atoms with Crippen LogP contribution in [0.5, 0.6) is 0 Å². The van der Waals surface area contributed by atoms with Gasteiger partial charge in [-0.3, -0.25) is 14.3 Å². The highest BCUT2D eigenvalue weighted by atomic mass is 15.2. The standard InChI is InChI=1S/C17H19N5/c1-2-9-21(16(6-1)14-5-3-7-18-11-14)12-15-13-22-10-4-8-19-17(22)20-15/h3-5,7-8,10-11,13,16H,1-2,6,9,12H2. The number of imidazole rings is 1. The third-order valence-corrected chi connectivity index (χ3v) is 4.33.